The number of anilines is 1. The van der Waals surface area contributed by atoms with Crippen molar-refractivity contribution in [3.63, 3.8) is 0 Å². The molecule has 25 heavy (non-hydrogen) atoms. The Morgan fingerprint density at radius 1 is 1.24 bits per heavy atom. The van der Waals surface area contributed by atoms with Gasteiger partial charge in [0.1, 0.15) is 5.69 Å². The second-order valence-corrected chi connectivity index (χ2v) is 5.24. The minimum absolute atomic E-state index is 0.0254. The monoisotopic (exact) mass is 347 g/mol. The second kappa shape index (κ2) is 7.03. The molecule has 0 fully saturated rings. The van der Waals surface area contributed by atoms with Crippen LogP contribution >= 0.6 is 0 Å². The first-order valence-electron chi connectivity index (χ1n) is 7.39. The van der Waals surface area contributed by atoms with Gasteiger partial charge in [-0.2, -0.15) is 5.10 Å². The number of hydrogen-bond donors (Lipinski definition) is 2. The van der Waals surface area contributed by atoms with Crippen LogP contribution in [-0.4, -0.2) is 36.6 Å². The zero-order valence-corrected chi connectivity index (χ0v) is 14.2. The fraction of sp³-hybridized carbons (Fsp3) is 0.357. The third-order valence-corrected chi connectivity index (χ3v) is 3.23. The molecule has 0 atom stereocenters. The van der Waals surface area contributed by atoms with Gasteiger partial charge in [-0.25, -0.2) is 14.8 Å². The molecule has 0 aliphatic heterocycles. The highest BCUT2D eigenvalue weighted by molar-refractivity contribution is 6.08. The highest BCUT2D eigenvalue weighted by Gasteiger charge is 2.31. The summed E-state index contributed by atoms with van der Waals surface area (Å²) in [6.07, 6.45) is 0. The van der Waals surface area contributed by atoms with Gasteiger partial charge in [0, 0.05) is 17.9 Å². The van der Waals surface area contributed by atoms with Crippen molar-refractivity contribution < 1.29 is 14.5 Å². The van der Waals surface area contributed by atoms with E-state index in [0.29, 0.717) is 11.4 Å². The van der Waals surface area contributed by atoms with Crippen molar-refractivity contribution in [2.24, 2.45) is 0 Å². The maximum atomic E-state index is 12.3. The molecular formula is C14H17N7O4. The number of carbonyl (C=O) groups is 2. The Labute approximate surface area is 142 Å². The molecule has 2 aromatic rings. The summed E-state index contributed by atoms with van der Waals surface area (Å²) in [5, 5.41) is 19.5. The number of nitro groups is 1. The van der Waals surface area contributed by atoms with Gasteiger partial charge in [0.2, 0.25) is 11.6 Å². The van der Waals surface area contributed by atoms with E-state index in [9.17, 15) is 19.7 Å². The van der Waals surface area contributed by atoms with Gasteiger partial charge in [-0.3, -0.25) is 30.2 Å². The summed E-state index contributed by atoms with van der Waals surface area (Å²) in [6, 6.07) is 0.825. The summed E-state index contributed by atoms with van der Waals surface area (Å²) in [4.78, 5) is 42.8. The lowest BCUT2D eigenvalue weighted by Crippen LogP contribution is -2.36. The summed E-state index contributed by atoms with van der Waals surface area (Å²) < 4.78 is 1.17. The Morgan fingerprint density at radius 2 is 1.84 bits per heavy atom. The summed E-state index contributed by atoms with van der Waals surface area (Å²) in [6.45, 7) is 6.80. The standard InChI is InChI=1S/C14H17N7O4/c1-5-20-11(10(21(24)25)9(4)19-20)12(22)17-14(23)18-13-15-7(2)6-8(3)16-13/h6H,5H2,1-4H3,(H2,15,16,17,18,22,23). The Balaban J connectivity index is 2.22. The fourth-order valence-electron chi connectivity index (χ4n) is 2.32. The van der Waals surface area contributed by atoms with E-state index in [1.807, 2.05) is 5.32 Å². The van der Waals surface area contributed by atoms with E-state index in [-0.39, 0.29) is 23.9 Å². The molecule has 2 aromatic heterocycles. The molecule has 0 aromatic carbocycles. The van der Waals surface area contributed by atoms with Gasteiger partial charge in [-0.15, -0.1) is 0 Å². The third kappa shape index (κ3) is 3.94. The van der Waals surface area contributed by atoms with Crippen molar-refractivity contribution in [3.8, 4) is 0 Å². The Bertz CT molecular complexity index is 839. The molecule has 2 heterocycles. The fourth-order valence-corrected chi connectivity index (χ4v) is 2.32. The number of nitrogens with zero attached hydrogens (tertiary/aromatic N) is 5. The van der Waals surface area contributed by atoms with Crippen LogP contribution in [0.3, 0.4) is 0 Å². The van der Waals surface area contributed by atoms with Crippen LogP contribution in [0.4, 0.5) is 16.4 Å². The predicted octanol–water partition coefficient (Wildman–Crippen LogP) is 1.49. The molecule has 2 N–H and O–H groups in total. The van der Waals surface area contributed by atoms with E-state index in [1.165, 1.54) is 11.6 Å². The maximum Gasteiger partial charge on any atom is 0.328 e. The van der Waals surface area contributed by atoms with Gasteiger partial charge in [0.15, 0.2) is 0 Å². The molecule has 0 aliphatic carbocycles. The molecule has 11 heteroatoms. The van der Waals surface area contributed by atoms with Crippen molar-refractivity contribution in [3.05, 3.63) is 39.0 Å². The SMILES string of the molecule is CCn1nc(C)c([N+](=O)[O-])c1C(=O)NC(=O)Nc1nc(C)cc(C)n1. The average Bonchev–Trinajstić information content (AvgIpc) is 2.82. The van der Waals surface area contributed by atoms with Crippen molar-refractivity contribution in [2.75, 3.05) is 5.32 Å². The predicted molar refractivity (Wildman–Crippen MR) is 87.3 cm³/mol. The number of imide groups is 1. The summed E-state index contributed by atoms with van der Waals surface area (Å²) in [7, 11) is 0. The average molecular weight is 347 g/mol. The minimum atomic E-state index is -0.934. The number of urea groups is 1. The van der Waals surface area contributed by atoms with E-state index >= 15 is 0 Å². The molecule has 0 saturated carbocycles. The van der Waals surface area contributed by atoms with Crippen LogP contribution < -0.4 is 10.6 Å². The van der Waals surface area contributed by atoms with Crippen LogP contribution in [0.2, 0.25) is 0 Å². The van der Waals surface area contributed by atoms with Gasteiger partial charge in [-0.1, -0.05) is 0 Å². The number of aromatic nitrogens is 4. The number of nitrogens with one attached hydrogen (secondary N) is 2. The van der Waals surface area contributed by atoms with Crippen LogP contribution in [-0.2, 0) is 6.54 Å². The molecule has 3 amide bonds. The van der Waals surface area contributed by atoms with Gasteiger partial charge in [-0.05, 0) is 33.8 Å². The normalized spacial score (nSPS) is 10.4. The second-order valence-electron chi connectivity index (χ2n) is 5.24. The first kappa shape index (κ1) is 18.0. The Hall–Kier alpha value is -3.37. The van der Waals surface area contributed by atoms with Crippen LogP contribution in [0, 0.1) is 30.9 Å². The molecule has 0 bridgehead atoms. The molecule has 0 aliphatic rings. The van der Waals surface area contributed by atoms with Crippen LogP contribution in [0.15, 0.2) is 6.07 Å². The van der Waals surface area contributed by atoms with E-state index in [4.69, 9.17) is 0 Å². The van der Waals surface area contributed by atoms with Crippen molar-refractivity contribution >= 4 is 23.6 Å². The number of carbonyl (C=O) groups excluding carboxylic acids is 2. The molecule has 11 nitrogen and oxygen atoms in total. The molecule has 2 rings (SSSR count). The van der Waals surface area contributed by atoms with Gasteiger partial charge in [0.25, 0.3) is 5.91 Å². The third-order valence-electron chi connectivity index (χ3n) is 3.23. The zero-order chi connectivity index (χ0) is 18.7. The first-order valence-corrected chi connectivity index (χ1v) is 7.39. The molecule has 0 unspecified atom stereocenters. The Kier molecular flexibility index (Phi) is 5.05. The lowest BCUT2D eigenvalue weighted by atomic mass is 10.3. The molecule has 0 spiro atoms. The highest BCUT2D eigenvalue weighted by Crippen LogP contribution is 2.22. The van der Waals surface area contributed by atoms with Crippen molar-refractivity contribution in [2.45, 2.75) is 34.2 Å². The van der Waals surface area contributed by atoms with E-state index in [2.05, 4.69) is 20.4 Å². The molecule has 0 saturated heterocycles. The van der Waals surface area contributed by atoms with E-state index < -0.39 is 22.5 Å². The quantitative estimate of drug-likeness (QED) is 0.629. The first-order chi connectivity index (χ1) is 11.7. The van der Waals surface area contributed by atoms with Gasteiger partial charge >= 0.3 is 11.7 Å². The number of hydrogen-bond acceptors (Lipinski definition) is 7. The smallest absolute Gasteiger partial charge is 0.276 e. The Morgan fingerprint density at radius 3 is 2.36 bits per heavy atom. The lowest BCUT2D eigenvalue weighted by Gasteiger charge is -2.07. The van der Waals surface area contributed by atoms with E-state index in [0.717, 1.165) is 0 Å². The molecular weight excluding hydrogens is 330 g/mol. The summed E-state index contributed by atoms with van der Waals surface area (Å²) in [5.41, 5.74) is 0.653. The van der Waals surface area contributed by atoms with Gasteiger partial charge < -0.3 is 0 Å². The molecule has 132 valence electrons. The summed E-state index contributed by atoms with van der Waals surface area (Å²) in [5.74, 6) is -0.909. The topological polar surface area (TPSA) is 145 Å². The summed E-state index contributed by atoms with van der Waals surface area (Å²) >= 11 is 0. The zero-order valence-electron chi connectivity index (χ0n) is 14.2. The van der Waals surface area contributed by atoms with Crippen LogP contribution in [0.1, 0.15) is 34.5 Å². The number of rotatable bonds is 4. The van der Waals surface area contributed by atoms with Crippen molar-refractivity contribution in [1.82, 2.24) is 25.1 Å². The molecule has 0 radical (unpaired) electrons. The van der Waals surface area contributed by atoms with Crippen LogP contribution in [0.5, 0.6) is 0 Å². The maximum absolute atomic E-state index is 12.3. The van der Waals surface area contributed by atoms with Gasteiger partial charge in [0.05, 0.1) is 4.92 Å². The number of aryl methyl sites for hydroxylation is 4. The van der Waals surface area contributed by atoms with Crippen molar-refractivity contribution in [1.29, 1.82) is 0 Å². The lowest BCUT2D eigenvalue weighted by molar-refractivity contribution is -0.385. The highest BCUT2D eigenvalue weighted by atomic mass is 16.6. The largest absolute Gasteiger partial charge is 0.328 e. The number of amides is 3. The van der Waals surface area contributed by atoms with Crippen LogP contribution in [0.25, 0.3) is 0 Å². The van der Waals surface area contributed by atoms with E-state index in [1.54, 1.807) is 26.8 Å². The minimum Gasteiger partial charge on any atom is -0.276 e.